The lowest BCUT2D eigenvalue weighted by molar-refractivity contribution is 0.0654. The Hall–Kier alpha value is -3.52. The Balaban J connectivity index is 1.46. The van der Waals surface area contributed by atoms with E-state index in [1.54, 1.807) is 24.3 Å². The molecular weight excluding hydrogens is 426 g/mol. The van der Waals surface area contributed by atoms with E-state index in [1.807, 2.05) is 32.9 Å². The first-order valence-corrected chi connectivity index (χ1v) is 11.7. The van der Waals surface area contributed by atoms with Crippen LogP contribution in [0.2, 0.25) is 0 Å². The number of carbonyl (C=O) groups is 2. The van der Waals surface area contributed by atoms with Crippen LogP contribution in [0, 0.1) is 20.8 Å². The van der Waals surface area contributed by atoms with Crippen LogP contribution in [0.3, 0.4) is 0 Å². The molecule has 0 aliphatic carbocycles. The molecule has 1 aliphatic heterocycles. The molecular formula is C24H23N3O4S. The molecule has 0 radical (unpaired) electrons. The van der Waals surface area contributed by atoms with Crippen LogP contribution in [0.5, 0.6) is 0 Å². The molecule has 2 heterocycles. The van der Waals surface area contributed by atoms with Crippen molar-refractivity contribution in [3.8, 4) is 0 Å². The number of pyridine rings is 1. The second kappa shape index (κ2) is 8.20. The molecule has 0 bridgehead atoms. The number of hydrogen-bond donors (Lipinski definition) is 1. The number of hydrogen-bond acceptors (Lipinski definition) is 5. The van der Waals surface area contributed by atoms with Crippen molar-refractivity contribution in [3.63, 3.8) is 0 Å². The van der Waals surface area contributed by atoms with Crippen molar-refractivity contribution in [3.05, 3.63) is 88.2 Å². The summed E-state index contributed by atoms with van der Waals surface area (Å²) in [6.07, 6.45) is 1.90. The Bertz CT molecular complexity index is 1270. The number of imide groups is 1. The number of carbonyl (C=O) groups excluding carboxylic acids is 2. The topological polar surface area (TPSA) is 96.4 Å². The fraction of sp³-hybridized carbons (Fsp3) is 0.208. The van der Waals surface area contributed by atoms with Gasteiger partial charge in [-0.2, -0.15) is 0 Å². The van der Waals surface area contributed by atoms with Gasteiger partial charge in [0.15, 0.2) is 0 Å². The van der Waals surface area contributed by atoms with Crippen LogP contribution >= 0.6 is 0 Å². The lowest BCUT2D eigenvalue weighted by Gasteiger charge is -2.15. The molecule has 0 saturated carbocycles. The zero-order valence-electron chi connectivity index (χ0n) is 18.0. The molecule has 0 spiro atoms. The SMILES string of the molecule is Cc1cc(C)c(NS(=O)(=O)c2ccc(CCN3C(=O)c4cccnc4C3=O)cc2)c(C)c1. The van der Waals surface area contributed by atoms with E-state index in [0.29, 0.717) is 17.7 Å². The maximum Gasteiger partial charge on any atom is 0.280 e. The fourth-order valence-electron chi connectivity index (χ4n) is 3.93. The zero-order valence-corrected chi connectivity index (χ0v) is 18.9. The van der Waals surface area contributed by atoms with Crippen LogP contribution < -0.4 is 4.72 Å². The number of aryl methyl sites for hydroxylation is 3. The van der Waals surface area contributed by atoms with E-state index in [-0.39, 0.29) is 23.0 Å². The number of benzene rings is 2. The van der Waals surface area contributed by atoms with Gasteiger partial charge in [-0.3, -0.25) is 24.2 Å². The monoisotopic (exact) mass is 449 g/mol. The Kier molecular flexibility index (Phi) is 5.56. The molecule has 2 aromatic carbocycles. The highest BCUT2D eigenvalue weighted by Gasteiger charge is 2.36. The van der Waals surface area contributed by atoms with Crippen molar-refractivity contribution in [1.82, 2.24) is 9.88 Å². The quantitative estimate of drug-likeness (QED) is 0.580. The first kappa shape index (κ1) is 21.7. The summed E-state index contributed by atoms with van der Waals surface area (Å²) in [5.74, 6) is -0.761. The highest BCUT2D eigenvalue weighted by molar-refractivity contribution is 7.92. The number of rotatable bonds is 6. The van der Waals surface area contributed by atoms with Gasteiger partial charge in [-0.1, -0.05) is 29.8 Å². The molecule has 1 aromatic heterocycles. The molecule has 4 rings (SSSR count). The van der Waals surface area contributed by atoms with Crippen LogP contribution in [0.4, 0.5) is 5.69 Å². The highest BCUT2D eigenvalue weighted by atomic mass is 32.2. The van der Waals surface area contributed by atoms with Gasteiger partial charge in [-0.15, -0.1) is 0 Å². The van der Waals surface area contributed by atoms with Crippen LogP contribution in [-0.2, 0) is 16.4 Å². The van der Waals surface area contributed by atoms with Gasteiger partial charge in [0.25, 0.3) is 21.8 Å². The number of fused-ring (bicyclic) bond motifs is 1. The summed E-state index contributed by atoms with van der Waals surface area (Å²) < 4.78 is 28.4. The minimum Gasteiger partial charge on any atom is -0.279 e. The molecule has 1 N–H and O–H groups in total. The minimum atomic E-state index is -3.75. The van der Waals surface area contributed by atoms with E-state index >= 15 is 0 Å². The third kappa shape index (κ3) is 4.01. The molecule has 2 amide bonds. The molecule has 1 aliphatic rings. The Labute approximate surface area is 187 Å². The van der Waals surface area contributed by atoms with Gasteiger partial charge in [-0.05, 0) is 68.1 Å². The fourth-order valence-corrected chi connectivity index (χ4v) is 5.13. The second-order valence-corrected chi connectivity index (χ2v) is 9.62. The zero-order chi connectivity index (χ0) is 23.0. The van der Waals surface area contributed by atoms with Gasteiger partial charge in [0.1, 0.15) is 5.69 Å². The first-order chi connectivity index (χ1) is 15.2. The van der Waals surface area contributed by atoms with E-state index in [4.69, 9.17) is 0 Å². The largest absolute Gasteiger partial charge is 0.280 e. The summed E-state index contributed by atoms with van der Waals surface area (Å²) in [6, 6.07) is 13.5. The van der Waals surface area contributed by atoms with E-state index in [9.17, 15) is 18.0 Å². The second-order valence-electron chi connectivity index (χ2n) is 7.93. The maximum atomic E-state index is 12.9. The lowest BCUT2D eigenvalue weighted by Crippen LogP contribution is -2.31. The molecule has 7 nitrogen and oxygen atoms in total. The average molecular weight is 450 g/mol. The van der Waals surface area contributed by atoms with Gasteiger partial charge in [-0.25, -0.2) is 8.42 Å². The van der Waals surface area contributed by atoms with E-state index in [1.165, 1.54) is 23.2 Å². The predicted octanol–water partition coefficient (Wildman–Crippen LogP) is 3.65. The van der Waals surface area contributed by atoms with Crippen molar-refractivity contribution in [2.24, 2.45) is 0 Å². The first-order valence-electron chi connectivity index (χ1n) is 10.2. The smallest absolute Gasteiger partial charge is 0.279 e. The predicted molar refractivity (Wildman–Crippen MR) is 121 cm³/mol. The third-order valence-corrected chi connectivity index (χ3v) is 6.87. The van der Waals surface area contributed by atoms with Crippen LogP contribution in [-0.4, -0.2) is 36.7 Å². The molecule has 0 saturated heterocycles. The van der Waals surface area contributed by atoms with Gasteiger partial charge in [0.2, 0.25) is 0 Å². The van der Waals surface area contributed by atoms with Crippen LogP contribution in [0.15, 0.2) is 59.6 Å². The third-order valence-electron chi connectivity index (χ3n) is 5.50. The Morgan fingerprint density at radius 3 is 2.22 bits per heavy atom. The highest BCUT2D eigenvalue weighted by Crippen LogP contribution is 2.26. The van der Waals surface area contributed by atoms with Gasteiger partial charge < -0.3 is 0 Å². The molecule has 8 heteroatoms. The summed E-state index contributed by atoms with van der Waals surface area (Å²) >= 11 is 0. The van der Waals surface area contributed by atoms with E-state index in [0.717, 1.165) is 22.3 Å². The molecule has 164 valence electrons. The minimum absolute atomic E-state index is 0.144. The number of anilines is 1. The van der Waals surface area contributed by atoms with E-state index in [2.05, 4.69) is 9.71 Å². The Morgan fingerprint density at radius 1 is 0.938 bits per heavy atom. The van der Waals surface area contributed by atoms with Gasteiger partial charge in [0.05, 0.1) is 16.1 Å². The summed E-state index contributed by atoms with van der Waals surface area (Å²) in [5, 5.41) is 0. The van der Waals surface area contributed by atoms with Gasteiger partial charge in [0, 0.05) is 12.7 Å². The number of sulfonamides is 1. The molecule has 32 heavy (non-hydrogen) atoms. The van der Waals surface area contributed by atoms with E-state index < -0.39 is 15.9 Å². The normalized spacial score (nSPS) is 13.4. The number of nitrogens with one attached hydrogen (secondary N) is 1. The van der Waals surface area contributed by atoms with Crippen molar-refractivity contribution >= 4 is 27.5 Å². The standard InChI is InChI=1S/C24H23N3O4S/c1-15-13-16(2)21(17(3)14-15)26-32(30,31)19-8-6-18(7-9-19)10-12-27-23(28)20-5-4-11-25-22(20)24(27)29/h4-9,11,13-14,26H,10,12H2,1-3H3. The van der Waals surface area contributed by atoms with Crippen molar-refractivity contribution in [1.29, 1.82) is 0 Å². The van der Waals surface area contributed by atoms with Crippen molar-refractivity contribution < 1.29 is 18.0 Å². The maximum absolute atomic E-state index is 12.9. The lowest BCUT2D eigenvalue weighted by atomic mass is 10.1. The van der Waals surface area contributed by atoms with Crippen molar-refractivity contribution in [2.45, 2.75) is 32.1 Å². The summed E-state index contributed by atoms with van der Waals surface area (Å²) in [7, 11) is -3.75. The Morgan fingerprint density at radius 2 is 1.59 bits per heavy atom. The number of aromatic nitrogens is 1. The average Bonchev–Trinajstić information content (AvgIpc) is 3.00. The van der Waals surface area contributed by atoms with Crippen molar-refractivity contribution in [2.75, 3.05) is 11.3 Å². The summed E-state index contributed by atoms with van der Waals surface area (Å²) in [4.78, 5) is 30.2. The molecule has 0 fully saturated rings. The van der Waals surface area contributed by atoms with Crippen LogP contribution in [0.25, 0.3) is 0 Å². The van der Waals surface area contributed by atoms with Crippen LogP contribution in [0.1, 0.15) is 43.1 Å². The summed E-state index contributed by atoms with van der Waals surface area (Å²) in [6.45, 7) is 5.90. The molecule has 0 unspecified atom stereocenters. The van der Waals surface area contributed by atoms with Gasteiger partial charge >= 0.3 is 0 Å². The number of amides is 2. The number of nitrogens with zero attached hydrogens (tertiary/aromatic N) is 2. The molecule has 0 atom stereocenters. The summed E-state index contributed by atoms with van der Waals surface area (Å²) in [5.41, 5.74) is 4.67. The molecule has 3 aromatic rings.